The largest absolute Gasteiger partial charge is 0.452 e. The van der Waals surface area contributed by atoms with Crippen molar-refractivity contribution < 1.29 is 4.12 Å². The fourth-order valence-electron chi connectivity index (χ4n) is 2.89. The van der Waals surface area contributed by atoms with Crippen LogP contribution < -0.4 is 10.4 Å². The van der Waals surface area contributed by atoms with E-state index in [0.717, 1.165) is 0 Å². The third-order valence-corrected chi connectivity index (χ3v) is 10.9. The first-order valence-corrected chi connectivity index (χ1v) is 12.9. The molecule has 0 saturated heterocycles. The Labute approximate surface area is 131 Å². The summed E-state index contributed by atoms with van der Waals surface area (Å²) in [6.45, 7) is 6.85. The van der Waals surface area contributed by atoms with E-state index in [1.54, 1.807) is 0 Å². The van der Waals surface area contributed by atoms with E-state index in [1.165, 1.54) is 29.3 Å². The molecule has 112 valence electrons. The van der Waals surface area contributed by atoms with Crippen LogP contribution in [0.25, 0.3) is 0 Å². The first kappa shape index (κ1) is 16.2. The highest BCUT2D eigenvalue weighted by molar-refractivity contribution is 7.00. The predicted octanol–water partition coefficient (Wildman–Crippen LogP) is 3.55. The minimum atomic E-state index is -2.07. The van der Waals surface area contributed by atoms with Gasteiger partial charge in [0.05, 0.1) is 0 Å². The van der Waals surface area contributed by atoms with E-state index in [4.69, 9.17) is 4.12 Å². The van der Waals surface area contributed by atoms with Crippen LogP contribution in [0.1, 0.15) is 19.8 Å². The van der Waals surface area contributed by atoms with E-state index in [9.17, 15) is 0 Å². The number of benzene rings is 2. The quantitative estimate of drug-likeness (QED) is 0.710. The van der Waals surface area contributed by atoms with Gasteiger partial charge < -0.3 is 4.12 Å². The van der Waals surface area contributed by atoms with Crippen LogP contribution in [-0.2, 0) is 4.12 Å². The zero-order valence-corrected chi connectivity index (χ0v) is 15.5. The molecule has 1 nitrogen and oxygen atoms in total. The Hall–Kier alpha value is -1.17. The average Bonchev–Trinajstić information content (AvgIpc) is 2.53. The molecule has 3 heteroatoms. The monoisotopic (exact) mass is 314 g/mol. The fourth-order valence-corrected chi connectivity index (χ4v) is 10.9. The zero-order chi connectivity index (χ0) is 15.1. The lowest BCUT2D eigenvalue weighted by molar-refractivity contribution is 0.580. The molecule has 0 N–H and O–H groups in total. The summed E-state index contributed by atoms with van der Waals surface area (Å²) in [6, 6.07) is 23.1. The molecule has 2 aromatic rings. The summed E-state index contributed by atoms with van der Waals surface area (Å²) in [4.78, 5) is 0. The molecule has 0 spiro atoms. The molecule has 0 heterocycles. The Bertz CT molecular complexity index is 486. The van der Waals surface area contributed by atoms with Gasteiger partial charge in [0, 0.05) is 0 Å². The van der Waals surface area contributed by atoms with Crippen LogP contribution in [0, 0.1) is 0 Å². The molecule has 2 aromatic carbocycles. The molecule has 0 fully saturated rings. The molecule has 0 aliphatic heterocycles. The van der Waals surface area contributed by atoms with E-state index in [-0.39, 0.29) is 0 Å². The summed E-state index contributed by atoms with van der Waals surface area (Å²) in [5.74, 6) is 0. The summed E-state index contributed by atoms with van der Waals surface area (Å²) >= 11 is 0. The lowest BCUT2D eigenvalue weighted by Crippen LogP contribution is -2.62. The first-order valence-electron chi connectivity index (χ1n) is 7.98. The molecule has 0 aromatic heterocycles. The van der Waals surface area contributed by atoms with Gasteiger partial charge in [0.1, 0.15) is 0 Å². The Morgan fingerprint density at radius 3 is 1.71 bits per heavy atom. The van der Waals surface area contributed by atoms with Gasteiger partial charge in [0.2, 0.25) is 8.32 Å². The van der Waals surface area contributed by atoms with Crippen LogP contribution in [-0.4, -0.2) is 17.4 Å². The number of hydrogen-bond donors (Lipinski definition) is 0. The van der Waals surface area contributed by atoms with Crippen LogP contribution in [0.4, 0.5) is 0 Å². The van der Waals surface area contributed by atoms with E-state index in [1.807, 2.05) is 0 Å². The van der Waals surface area contributed by atoms with Crippen molar-refractivity contribution in [3.8, 4) is 0 Å². The lowest BCUT2D eigenvalue weighted by atomic mass is 10.4. The topological polar surface area (TPSA) is 9.23 Å². The smallest absolute Gasteiger partial charge is 0.244 e. The van der Waals surface area contributed by atoms with Gasteiger partial charge in [-0.3, -0.25) is 0 Å². The predicted molar refractivity (Wildman–Crippen MR) is 97.6 cm³/mol. The Morgan fingerprint density at radius 2 is 1.33 bits per heavy atom. The van der Waals surface area contributed by atoms with Crippen molar-refractivity contribution in [1.29, 1.82) is 0 Å². The minimum absolute atomic E-state index is 1.12. The molecular formula is C18H26OSi2. The molecule has 0 unspecified atom stereocenters. The van der Waals surface area contributed by atoms with Crippen LogP contribution in [0.5, 0.6) is 0 Å². The van der Waals surface area contributed by atoms with Crippen LogP contribution in [0.3, 0.4) is 0 Å². The zero-order valence-electron chi connectivity index (χ0n) is 13.4. The first-order chi connectivity index (χ1) is 10.2. The molecule has 2 rings (SSSR count). The van der Waals surface area contributed by atoms with Gasteiger partial charge in [-0.2, -0.15) is 0 Å². The molecule has 0 radical (unpaired) electrons. The highest BCUT2D eigenvalue weighted by Gasteiger charge is 2.39. The molecule has 0 atom stereocenters. The van der Waals surface area contributed by atoms with Gasteiger partial charge in [-0.15, -0.1) is 0 Å². The van der Waals surface area contributed by atoms with Crippen LogP contribution in [0.15, 0.2) is 60.7 Å². The highest BCUT2D eigenvalue weighted by atomic mass is 28.4. The molecular weight excluding hydrogens is 288 g/mol. The van der Waals surface area contributed by atoms with Crippen LogP contribution >= 0.6 is 0 Å². The average molecular weight is 315 g/mol. The summed E-state index contributed by atoms with van der Waals surface area (Å²) < 4.78 is 6.79. The maximum atomic E-state index is 6.79. The molecule has 21 heavy (non-hydrogen) atoms. The summed E-state index contributed by atoms with van der Waals surface area (Å²) in [7, 11) is -3.19. The second kappa shape index (κ2) is 7.73. The van der Waals surface area contributed by atoms with Gasteiger partial charge in [-0.05, 0) is 29.5 Å². The minimum Gasteiger partial charge on any atom is -0.452 e. The maximum absolute atomic E-state index is 6.79. The summed E-state index contributed by atoms with van der Waals surface area (Å²) in [5.41, 5.74) is 0. The van der Waals surface area contributed by atoms with E-state index in [2.05, 4.69) is 80.7 Å². The van der Waals surface area contributed by atoms with Crippen molar-refractivity contribution in [3.63, 3.8) is 0 Å². The van der Waals surface area contributed by atoms with Crippen molar-refractivity contribution >= 4 is 27.7 Å². The van der Waals surface area contributed by atoms with Crippen molar-refractivity contribution in [2.24, 2.45) is 0 Å². The van der Waals surface area contributed by atoms with E-state index in [0.29, 0.717) is 0 Å². The number of hydrogen-bond acceptors (Lipinski definition) is 1. The number of unbranched alkanes of at least 4 members (excludes halogenated alkanes) is 1. The SMILES string of the molecule is CCCC[Si](O[SiH](C)C)(c1ccccc1)c1ccccc1. The normalized spacial score (nSPS) is 11.8. The van der Waals surface area contributed by atoms with Crippen LogP contribution in [0.2, 0.25) is 19.1 Å². The van der Waals surface area contributed by atoms with Gasteiger partial charge >= 0.3 is 0 Å². The van der Waals surface area contributed by atoms with E-state index >= 15 is 0 Å². The standard InChI is InChI=1S/C18H26OSi2/c1-4-5-16-21(19-20(2)3,17-12-8-6-9-13-17)18-14-10-7-11-15-18/h6-15,20H,4-5,16H2,1-3H3. The van der Waals surface area contributed by atoms with Gasteiger partial charge in [-0.25, -0.2) is 0 Å². The fraction of sp³-hybridized carbons (Fsp3) is 0.333. The molecule has 0 aliphatic carbocycles. The highest BCUT2D eigenvalue weighted by Crippen LogP contribution is 2.18. The maximum Gasteiger partial charge on any atom is 0.244 e. The van der Waals surface area contributed by atoms with Crippen molar-refractivity contribution in [1.82, 2.24) is 0 Å². The second-order valence-electron chi connectivity index (χ2n) is 5.83. The van der Waals surface area contributed by atoms with Gasteiger partial charge in [0.15, 0.2) is 9.04 Å². The number of rotatable bonds is 7. The van der Waals surface area contributed by atoms with E-state index < -0.39 is 17.4 Å². The molecule has 0 bridgehead atoms. The lowest BCUT2D eigenvalue weighted by Gasteiger charge is -2.34. The van der Waals surface area contributed by atoms with Crippen molar-refractivity contribution in [2.45, 2.75) is 38.9 Å². The third kappa shape index (κ3) is 3.93. The molecule has 0 amide bonds. The van der Waals surface area contributed by atoms with Gasteiger partial charge in [0.25, 0.3) is 0 Å². The second-order valence-corrected chi connectivity index (χ2v) is 12.2. The third-order valence-electron chi connectivity index (χ3n) is 3.80. The Balaban J connectivity index is 2.53. The molecule has 0 aliphatic rings. The Morgan fingerprint density at radius 1 is 0.857 bits per heavy atom. The van der Waals surface area contributed by atoms with Gasteiger partial charge in [-0.1, -0.05) is 80.4 Å². The Kier molecular flexibility index (Phi) is 5.97. The summed E-state index contributed by atoms with van der Waals surface area (Å²) in [6.07, 6.45) is 2.45. The van der Waals surface area contributed by atoms with Crippen molar-refractivity contribution in [2.75, 3.05) is 0 Å². The van der Waals surface area contributed by atoms with Crippen molar-refractivity contribution in [3.05, 3.63) is 60.7 Å². The molecule has 0 saturated carbocycles. The summed E-state index contributed by atoms with van der Waals surface area (Å²) in [5, 5.41) is 2.84.